The maximum atomic E-state index is 5.88. The highest BCUT2D eigenvalue weighted by Crippen LogP contribution is 2.29. The Morgan fingerprint density at radius 1 is 0.758 bits per heavy atom. The first-order valence-electron chi connectivity index (χ1n) is 9.94. The molecule has 0 fully saturated rings. The molecule has 1 aromatic heterocycles. The lowest BCUT2D eigenvalue weighted by molar-refractivity contribution is 0.284. The molecular formula is C24H29Cl3N2O4. The van der Waals surface area contributed by atoms with Gasteiger partial charge in [-0.25, -0.2) is 4.98 Å². The maximum absolute atomic E-state index is 5.88. The summed E-state index contributed by atoms with van der Waals surface area (Å²) >= 11 is 5.82. The molecule has 0 aliphatic carbocycles. The molecule has 33 heavy (non-hydrogen) atoms. The first-order chi connectivity index (χ1) is 15.1. The number of hydrogen-bond acceptors (Lipinski definition) is 6. The molecule has 2 aromatic carbocycles. The molecule has 0 unspecified atom stereocenters. The first kappa shape index (κ1) is 28.7. The van der Waals surface area contributed by atoms with Crippen LogP contribution in [0, 0.1) is 0 Å². The van der Waals surface area contributed by atoms with Crippen molar-refractivity contribution in [3.63, 3.8) is 0 Å². The zero-order valence-electron chi connectivity index (χ0n) is 18.8. The molecule has 0 bridgehead atoms. The van der Waals surface area contributed by atoms with Crippen LogP contribution < -0.4 is 24.3 Å². The average Bonchev–Trinajstić information content (AvgIpc) is 2.81. The van der Waals surface area contributed by atoms with E-state index >= 15 is 0 Å². The molecule has 0 saturated carbocycles. The Morgan fingerprint density at radius 3 is 2.03 bits per heavy atom. The minimum Gasteiger partial charge on any atom is -0.493 e. The number of nitrogens with one attached hydrogen (secondary N) is 1. The van der Waals surface area contributed by atoms with Crippen LogP contribution in [-0.4, -0.2) is 32.9 Å². The lowest BCUT2D eigenvalue weighted by atomic mass is 10.1. The third kappa shape index (κ3) is 8.48. The second kappa shape index (κ2) is 14.7. The van der Waals surface area contributed by atoms with Gasteiger partial charge >= 0.3 is 0 Å². The first-order valence-corrected chi connectivity index (χ1v) is 10.3. The van der Waals surface area contributed by atoms with Gasteiger partial charge in [-0.2, -0.15) is 0 Å². The van der Waals surface area contributed by atoms with Gasteiger partial charge in [-0.1, -0.05) is 29.8 Å². The quantitative estimate of drug-likeness (QED) is 0.268. The van der Waals surface area contributed by atoms with Crippen molar-refractivity contribution < 1.29 is 18.9 Å². The molecule has 6 nitrogen and oxygen atoms in total. The normalized spacial score (nSPS) is 9.94. The van der Waals surface area contributed by atoms with Crippen LogP contribution in [0.1, 0.15) is 16.7 Å². The maximum Gasteiger partial charge on any atom is 0.161 e. The molecule has 3 aromatic rings. The van der Waals surface area contributed by atoms with Gasteiger partial charge in [0.15, 0.2) is 23.0 Å². The molecule has 3 rings (SSSR count). The minimum absolute atomic E-state index is 0. The van der Waals surface area contributed by atoms with Crippen molar-refractivity contribution in [2.24, 2.45) is 0 Å². The molecule has 0 spiro atoms. The molecule has 0 saturated heterocycles. The van der Waals surface area contributed by atoms with Gasteiger partial charge < -0.3 is 24.3 Å². The van der Waals surface area contributed by atoms with Crippen molar-refractivity contribution >= 4 is 36.4 Å². The van der Waals surface area contributed by atoms with Crippen LogP contribution in [0.4, 0.5) is 0 Å². The van der Waals surface area contributed by atoms with Crippen molar-refractivity contribution in [1.29, 1.82) is 0 Å². The van der Waals surface area contributed by atoms with Crippen molar-refractivity contribution in [2.45, 2.75) is 19.6 Å². The number of hydrogen-bond donors (Lipinski definition) is 1. The molecule has 0 aliphatic heterocycles. The number of nitrogens with zero attached hydrogens (tertiary/aromatic N) is 1. The molecule has 1 N–H and O–H groups in total. The number of aromatic nitrogens is 1. The van der Waals surface area contributed by atoms with Crippen LogP contribution in [0.5, 0.6) is 23.0 Å². The third-order valence-electron chi connectivity index (χ3n) is 4.78. The predicted octanol–water partition coefficient (Wildman–Crippen LogP) is 5.52. The van der Waals surface area contributed by atoms with Gasteiger partial charge in [0, 0.05) is 18.3 Å². The van der Waals surface area contributed by atoms with Crippen molar-refractivity contribution in [2.75, 3.05) is 27.9 Å². The Morgan fingerprint density at radius 2 is 1.36 bits per heavy atom. The predicted molar refractivity (Wildman–Crippen MR) is 136 cm³/mol. The van der Waals surface area contributed by atoms with Gasteiger partial charge in [-0.05, 0) is 54.4 Å². The summed E-state index contributed by atoms with van der Waals surface area (Å²) in [5.41, 5.74) is 3.24. The smallest absolute Gasteiger partial charge is 0.161 e. The van der Waals surface area contributed by atoms with Crippen LogP contribution in [0.15, 0.2) is 54.7 Å². The van der Waals surface area contributed by atoms with E-state index in [1.807, 2.05) is 36.4 Å². The number of methoxy groups -OCH3 is 3. The van der Waals surface area contributed by atoms with Gasteiger partial charge in [-0.15, -0.1) is 24.8 Å². The van der Waals surface area contributed by atoms with Gasteiger partial charge in [0.05, 0.1) is 21.3 Å². The number of pyridine rings is 1. The van der Waals surface area contributed by atoms with Crippen molar-refractivity contribution in [3.8, 4) is 23.0 Å². The monoisotopic (exact) mass is 514 g/mol. The summed E-state index contributed by atoms with van der Waals surface area (Å²) < 4.78 is 22.0. The van der Waals surface area contributed by atoms with Crippen LogP contribution in [0.25, 0.3) is 0 Å². The molecular weight excluding hydrogens is 487 g/mol. The molecule has 1 heterocycles. The van der Waals surface area contributed by atoms with Crippen LogP contribution >= 0.6 is 36.4 Å². The number of benzene rings is 2. The van der Waals surface area contributed by atoms with E-state index in [9.17, 15) is 0 Å². The van der Waals surface area contributed by atoms with Crippen LogP contribution in [-0.2, 0) is 19.6 Å². The topological polar surface area (TPSA) is 61.8 Å². The minimum atomic E-state index is 0. The van der Waals surface area contributed by atoms with Gasteiger partial charge in [0.2, 0.25) is 0 Å². The molecule has 0 atom stereocenters. The zero-order chi connectivity index (χ0) is 22.1. The number of rotatable bonds is 11. The SMILES string of the molecule is COc1ccc(CCNCc2ccc(OCc3ccc(Cl)nc3)c(OC)c2)cc1OC.Cl.Cl. The van der Waals surface area contributed by atoms with Crippen molar-refractivity contribution in [3.05, 3.63) is 76.6 Å². The Bertz CT molecular complexity index is 988. The van der Waals surface area contributed by atoms with E-state index < -0.39 is 0 Å². The zero-order valence-corrected chi connectivity index (χ0v) is 21.2. The highest BCUT2D eigenvalue weighted by molar-refractivity contribution is 6.29. The Balaban J connectivity index is 0.00000272. The second-order valence-electron chi connectivity index (χ2n) is 6.88. The molecule has 0 amide bonds. The Kier molecular flexibility index (Phi) is 12.8. The second-order valence-corrected chi connectivity index (χ2v) is 7.27. The molecule has 9 heteroatoms. The van der Waals surface area contributed by atoms with E-state index in [0.717, 1.165) is 42.1 Å². The van der Waals surface area contributed by atoms with E-state index in [1.54, 1.807) is 33.6 Å². The van der Waals surface area contributed by atoms with E-state index in [0.29, 0.717) is 23.3 Å². The molecule has 0 radical (unpaired) electrons. The largest absolute Gasteiger partial charge is 0.493 e. The fourth-order valence-electron chi connectivity index (χ4n) is 3.10. The van der Waals surface area contributed by atoms with Gasteiger partial charge in [0.25, 0.3) is 0 Å². The number of ether oxygens (including phenoxy) is 4. The summed E-state index contributed by atoms with van der Waals surface area (Å²) in [6.07, 6.45) is 2.58. The van der Waals surface area contributed by atoms with E-state index in [-0.39, 0.29) is 24.8 Å². The lowest BCUT2D eigenvalue weighted by Crippen LogP contribution is -2.16. The van der Waals surface area contributed by atoms with Gasteiger partial charge in [0.1, 0.15) is 11.8 Å². The fourth-order valence-corrected chi connectivity index (χ4v) is 3.21. The highest BCUT2D eigenvalue weighted by Gasteiger charge is 2.08. The van der Waals surface area contributed by atoms with Crippen LogP contribution in [0.3, 0.4) is 0 Å². The average molecular weight is 516 g/mol. The van der Waals surface area contributed by atoms with Gasteiger partial charge in [-0.3, -0.25) is 0 Å². The third-order valence-corrected chi connectivity index (χ3v) is 5.00. The summed E-state index contributed by atoms with van der Waals surface area (Å²) in [7, 11) is 4.92. The molecule has 180 valence electrons. The summed E-state index contributed by atoms with van der Waals surface area (Å²) in [6, 6.07) is 15.6. The fraction of sp³-hybridized carbons (Fsp3) is 0.292. The van der Waals surface area contributed by atoms with E-state index in [4.69, 9.17) is 30.5 Å². The number of halogens is 3. The summed E-state index contributed by atoms with van der Waals surface area (Å²) in [6.45, 7) is 1.95. The standard InChI is InChI=1S/C24H27ClN2O4.2ClH/c1-28-20-7-4-17(12-22(20)29-2)10-11-26-14-18-5-8-21(23(13-18)30-3)31-16-19-6-9-24(25)27-15-19;;/h4-9,12-13,15,26H,10-11,14,16H2,1-3H3;2*1H. The Labute approximate surface area is 212 Å². The Hall–Kier alpha value is -2.38. The summed E-state index contributed by atoms with van der Waals surface area (Å²) in [4.78, 5) is 4.06. The van der Waals surface area contributed by atoms with E-state index in [1.165, 1.54) is 5.56 Å². The molecule has 0 aliphatic rings. The highest BCUT2D eigenvalue weighted by atomic mass is 35.5. The summed E-state index contributed by atoms with van der Waals surface area (Å²) in [5, 5.41) is 3.92. The summed E-state index contributed by atoms with van der Waals surface area (Å²) in [5.74, 6) is 2.86. The lowest BCUT2D eigenvalue weighted by Gasteiger charge is -2.13. The van der Waals surface area contributed by atoms with Crippen LogP contribution in [0.2, 0.25) is 5.15 Å². The van der Waals surface area contributed by atoms with Crippen molar-refractivity contribution in [1.82, 2.24) is 10.3 Å². The van der Waals surface area contributed by atoms with E-state index in [2.05, 4.69) is 16.4 Å².